The molecule has 0 radical (unpaired) electrons. The van der Waals surface area contributed by atoms with Crippen LogP contribution in [0.25, 0.3) is 0 Å². The van der Waals surface area contributed by atoms with Crippen molar-refractivity contribution in [3.05, 3.63) is 65.0 Å². The molecule has 1 aliphatic heterocycles. The van der Waals surface area contributed by atoms with Gasteiger partial charge in [-0.25, -0.2) is 17.2 Å². The fourth-order valence-corrected chi connectivity index (χ4v) is 8.65. The van der Waals surface area contributed by atoms with Crippen molar-refractivity contribution < 1.29 is 58.2 Å². The zero-order chi connectivity index (χ0) is 33.2. The van der Waals surface area contributed by atoms with Gasteiger partial charge in [0, 0.05) is 24.6 Å². The maximum Gasteiger partial charge on any atom is 0.435 e. The lowest BCUT2D eigenvalue weighted by molar-refractivity contribution is -0.348. The minimum absolute atomic E-state index is 0.145. The van der Waals surface area contributed by atoms with Crippen LogP contribution in [0.15, 0.2) is 47.4 Å². The lowest BCUT2D eigenvalue weighted by atomic mass is 9.81. The second-order valence-electron chi connectivity index (χ2n) is 12.1. The fourth-order valence-electron chi connectivity index (χ4n) is 6.54. The fraction of sp³-hybridized carbons (Fsp3) is 0.533. The Morgan fingerprint density at radius 1 is 0.822 bits per heavy atom. The van der Waals surface area contributed by atoms with E-state index in [-0.39, 0.29) is 72.7 Å². The van der Waals surface area contributed by atoms with E-state index in [0.717, 1.165) is 18.2 Å². The number of aliphatic carboxylic acids is 1. The minimum atomic E-state index is -6.37. The van der Waals surface area contributed by atoms with E-state index in [1.165, 1.54) is 4.90 Å². The van der Waals surface area contributed by atoms with E-state index in [1.807, 2.05) is 0 Å². The van der Waals surface area contributed by atoms with Crippen LogP contribution in [0.1, 0.15) is 67.6 Å². The van der Waals surface area contributed by atoms with Crippen molar-refractivity contribution in [3.63, 3.8) is 0 Å². The number of nitrogens with zero attached hydrogens (tertiary/aromatic N) is 1. The molecule has 2 aliphatic carbocycles. The van der Waals surface area contributed by atoms with E-state index in [9.17, 15) is 58.2 Å². The molecular formula is C30H29F8NO5S. The smallest absolute Gasteiger partial charge is 0.435 e. The molecule has 1 atom stereocenters. The number of alkyl halides is 7. The second-order valence-corrected chi connectivity index (χ2v) is 14.3. The quantitative estimate of drug-likeness (QED) is 0.260. The van der Waals surface area contributed by atoms with E-state index < -0.39 is 74.2 Å². The summed E-state index contributed by atoms with van der Waals surface area (Å²) in [6.07, 6.45) is -10.9. The Balaban J connectivity index is 1.55. The summed E-state index contributed by atoms with van der Waals surface area (Å²) in [5, 5.41) is 9.27. The molecule has 246 valence electrons. The normalized spacial score (nSPS) is 24.9. The summed E-state index contributed by atoms with van der Waals surface area (Å²) >= 11 is 0. The first kappa shape index (κ1) is 33.1. The van der Waals surface area contributed by atoms with Gasteiger partial charge in [0.25, 0.3) is 0 Å². The number of carbonyl (C=O) groups excluding carboxylic acids is 1. The molecule has 1 saturated heterocycles. The molecule has 0 aromatic heterocycles. The van der Waals surface area contributed by atoms with Gasteiger partial charge in [0.15, 0.2) is 9.84 Å². The zero-order valence-corrected chi connectivity index (χ0v) is 24.4. The highest BCUT2D eigenvalue weighted by atomic mass is 32.2. The van der Waals surface area contributed by atoms with Crippen LogP contribution in [-0.2, 0) is 29.8 Å². The zero-order valence-electron chi connectivity index (χ0n) is 23.6. The molecule has 3 fully saturated rings. The highest BCUT2D eigenvalue weighted by Gasteiger charge is 2.73. The molecule has 1 N–H and O–H groups in total. The molecule has 1 heterocycles. The number of carboxylic acid groups (broad SMARTS) is 1. The Kier molecular flexibility index (Phi) is 8.27. The van der Waals surface area contributed by atoms with E-state index in [0.29, 0.717) is 25.0 Å². The van der Waals surface area contributed by atoms with Crippen LogP contribution < -0.4 is 0 Å². The predicted molar refractivity (Wildman–Crippen MR) is 143 cm³/mol. The van der Waals surface area contributed by atoms with Crippen LogP contribution in [0.2, 0.25) is 0 Å². The van der Waals surface area contributed by atoms with Gasteiger partial charge in [-0.3, -0.25) is 9.59 Å². The van der Waals surface area contributed by atoms with Gasteiger partial charge < -0.3 is 10.0 Å². The number of likely N-dealkylation sites (tertiary alicyclic amines) is 1. The number of benzene rings is 2. The molecule has 5 rings (SSSR count). The lowest BCUT2D eigenvalue weighted by Gasteiger charge is -2.33. The molecular weight excluding hydrogens is 638 g/mol. The molecule has 2 saturated carbocycles. The van der Waals surface area contributed by atoms with Gasteiger partial charge in [0.1, 0.15) is 10.6 Å². The van der Waals surface area contributed by atoms with Crippen molar-refractivity contribution in [1.29, 1.82) is 0 Å². The number of sulfone groups is 1. The van der Waals surface area contributed by atoms with Crippen molar-refractivity contribution in [3.8, 4) is 0 Å². The average Bonchev–Trinajstić information content (AvgIpc) is 3.72. The van der Waals surface area contributed by atoms with Crippen molar-refractivity contribution in [2.24, 2.45) is 11.8 Å². The maximum absolute atomic E-state index is 14.8. The van der Waals surface area contributed by atoms with E-state index in [1.54, 1.807) is 0 Å². The van der Waals surface area contributed by atoms with Gasteiger partial charge in [-0.05, 0) is 80.2 Å². The van der Waals surface area contributed by atoms with Crippen LogP contribution in [0.3, 0.4) is 0 Å². The number of carboxylic acids is 1. The largest absolute Gasteiger partial charge is 0.481 e. The summed E-state index contributed by atoms with van der Waals surface area (Å²) in [6, 6.07) is 5.02. The first-order valence-electron chi connectivity index (χ1n) is 14.3. The predicted octanol–water partition coefficient (Wildman–Crippen LogP) is 6.79. The summed E-state index contributed by atoms with van der Waals surface area (Å²) in [6.45, 7) is -0.671. The number of halogens is 8. The Morgan fingerprint density at radius 3 is 1.89 bits per heavy atom. The Labute approximate surface area is 253 Å². The molecule has 3 aliphatic rings. The van der Waals surface area contributed by atoms with E-state index in [4.69, 9.17) is 0 Å². The van der Waals surface area contributed by atoms with E-state index >= 15 is 0 Å². The summed E-state index contributed by atoms with van der Waals surface area (Å²) in [4.78, 5) is 25.7. The van der Waals surface area contributed by atoms with Crippen LogP contribution in [0.5, 0.6) is 0 Å². The first-order valence-corrected chi connectivity index (χ1v) is 15.8. The molecule has 1 unspecified atom stereocenters. The van der Waals surface area contributed by atoms with Crippen LogP contribution >= 0.6 is 0 Å². The van der Waals surface area contributed by atoms with Crippen molar-refractivity contribution in [2.75, 3.05) is 13.1 Å². The number of amides is 1. The van der Waals surface area contributed by atoms with Crippen molar-refractivity contribution in [1.82, 2.24) is 4.90 Å². The Bertz CT molecular complexity index is 1560. The van der Waals surface area contributed by atoms with Crippen LogP contribution in [-0.4, -0.2) is 55.7 Å². The number of rotatable bonds is 7. The highest BCUT2D eigenvalue weighted by Crippen LogP contribution is 2.54. The van der Waals surface area contributed by atoms with Gasteiger partial charge in [-0.15, -0.1) is 0 Å². The summed E-state index contributed by atoms with van der Waals surface area (Å²) in [7, 11) is -4.60. The SMILES string of the molecule is O=C(O)C1CCC(C(=O)N2CCC(c3ccc(C(F)(C(F)(F)F)C(F)(F)F)cc3)(S(=O)(=O)c3ccc(F)c(C4CC4)c3)C2)CC1. The lowest BCUT2D eigenvalue weighted by Crippen LogP contribution is -2.50. The van der Waals surface area contributed by atoms with Gasteiger partial charge in [-0.1, -0.05) is 24.3 Å². The molecule has 6 nitrogen and oxygen atoms in total. The molecule has 2 aromatic rings. The number of carbonyl (C=O) groups is 2. The van der Waals surface area contributed by atoms with Gasteiger partial charge >= 0.3 is 24.0 Å². The highest BCUT2D eigenvalue weighted by molar-refractivity contribution is 7.92. The third-order valence-electron chi connectivity index (χ3n) is 9.37. The van der Waals surface area contributed by atoms with Gasteiger partial charge in [0.2, 0.25) is 5.91 Å². The third-order valence-corrected chi connectivity index (χ3v) is 11.8. The van der Waals surface area contributed by atoms with Crippen molar-refractivity contribution in [2.45, 2.75) is 78.5 Å². The van der Waals surface area contributed by atoms with Crippen LogP contribution in [0.4, 0.5) is 35.1 Å². The summed E-state index contributed by atoms with van der Waals surface area (Å²) < 4.78 is 136. The summed E-state index contributed by atoms with van der Waals surface area (Å²) in [5.41, 5.74) is -7.63. The first-order chi connectivity index (χ1) is 20.8. The Morgan fingerprint density at radius 2 is 1.38 bits per heavy atom. The molecule has 0 spiro atoms. The molecule has 0 bridgehead atoms. The topological polar surface area (TPSA) is 91.8 Å². The number of hydrogen-bond donors (Lipinski definition) is 1. The average molecular weight is 668 g/mol. The summed E-state index contributed by atoms with van der Waals surface area (Å²) in [5.74, 6) is -3.52. The monoisotopic (exact) mass is 667 g/mol. The molecule has 15 heteroatoms. The third kappa shape index (κ3) is 5.58. The maximum atomic E-state index is 14.8. The second kappa shape index (κ2) is 11.2. The van der Waals surface area contributed by atoms with Crippen LogP contribution in [0, 0.1) is 17.7 Å². The van der Waals surface area contributed by atoms with E-state index in [2.05, 4.69) is 0 Å². The molecule has 45 heavy (non-hydrogen) atoms. The van der Waals surface area contributed by atoms with Gasteiger partial charge in [-0.2, -0.15) is 26.3 Å². The van der Waals surface area contributed by atoms with Gasteiger partial charge in [0.05, 0.1) is 10.8 Å². The Hall–Kier alpha value is -3.23. The van der Waals surface area contributed by atoms with Crippen molar-refractivity contribution >= 4 is 21.7 Å². The number of hydrogen-bond acceptors (Lipinski definition) is 4. The standard InChI is InChI=1S/C30H29F8NO5S/c31-24-12-11-22(15-23(24)17-1-2-17)45(43,44)27(13-14-39(16-27)25(40)18-3-5-19(6-4-18)26(41)42)20-7-9-21(10-8-20)28(32,29(33,34)35)30(36,37)38/h7-12,15,17-19H,1-6,13-14,16H2,(H,41,42). The molecule has 2 aromatic carbocycles. The molecule has 1 amide bonds. The minimum Gasteiger partial charge on any atom is -0.481 e.